The molecule has 6 atom stereocenters. The average Bonchev–Trinajstić information content (AvgIpc) is 3.48. The summed E-state index contributed by atoms with van der Waals surface area (Å²) in [6.07, 6.45) is 4.37. The molecule has 0 amide bonds. The standard InChI is InChI=1S/C25H50O5Si2/c1-13-14-19(30-32(11,12)24(5,6)7)20-21(27-20)22-25(8,28-22)17-18(15-16-26)29-31(9,10)23(2,3)4/h13,18-22,26H,1,14-17H2,2-12H3/t18-,19+,20+,21+,22+,25+/m1/s1. The molecule has 0 bridgehead atoms. The normalized spacial score (nSPS) is 30.7. The molecule has 2 fully saturated rings. The number of epoxide rings is 2. The largest absolute Gasteiger partial charge is 0.414 e. The van der Waals surface area contributed by atoms with Crippen LogP contribution in [0.25, 0.3) is 0 Å². The molecule has 0 unspecified atom stereocenters. The van der Waals surface area contributed by atoms with Crippen LogP contribution in [-0.4, -0.2) is 64.5 Å². The van der Waals surface area contributed by atoms with Gasteiger partial charge in [0.15, 0.2) is 16.6 Å². The molecular formula is C25H50O5Si2. The predicted molar refractivity (Wildman–Crippen MR) is 137 cm³/mol. The van der Waals surface area contributed by atoms with Gasteiger partial charge in [-0.05, 0) is 56.0 Å². The van der Waals surface area contributed by atoms with Crippen LogP contribution in [0, 0.1) is 0 Å². The summed E-state index contributed by atoms with van der Waals surface area (Å²) in [6, 6.07) is 0. The molecule has 32 heavy (non-hydrogen) atoms. The SMILES string of the molecule is C=CC[C@H](O[Si](C)(C)C(C)(C)C)[C@@H]1O[C@@H]1[C@@H]1O[C@@]1(C)C[C@@H](CCO)O[Si](C)(C)C(C)(C)C. The molecule has 188 valence electrons. The van der Waals surface area contributed by atoms with Crippen LogP contribution in [0.4, 0.5) is 0 Å². The second-order valence-corrected chi connectivity index (χ2v) is 22.6. The van der Waals surface area contributed by atoms with Crippen LogP contribution in [-0.2, 0) is 18.3 Å². The Hall–Kier alpha value is -0.0262. The minimum Gasteiger partial charge on any atom is -0.414 e. The van der Waals surface area contributed by atoms with Gasteiger partial charge in [0, 0.05) is 13.0 Å². The van der Waals surface area contributed by atoms with Gasteiger partial charge in [-0.15, -0.1) is 6.58 Å². The number of ether oxygens (including phenoxy) is 2. The highest BCUT2D eigenvalue weighted by Gasteiger charge is 2.66. The summed E-state index contributed by atoms with van der Waals surface area (Å²) in [5.41, 5.74) is -0.267. The van der Waals surface area contributed by atoms with E-state index in [1.807, 2.05) is 6.08 Å². The summed E-state index contributed by atoms with van der Waals surface area (Å²) in [4.78, 5) is 0. The predicted octanol–water partition coefficient (Wildman–Crippen LogP) is 6.04. The second kappa shape index (κ2) is 9.55. The Morgan fingerprint density at radius 1 is 1.03 bits per heavy atom. The van der Waals surface area contributed by atoms with Crippen molar-refractivity contribution in [2.45, 2.75) is 140 Å². The van der Waals surface area contributed by atoms with Gasteiger partial charge >= 0.3 is 0 Å². The molecule has 2 rings (SSSR count). The highest BCUT2D eigenvalue weighted by molar-refractivity contribution is 6.74. The van der Waals surface area contributed by atoms with E-state index in [0.717, 1.165) is 12.8 Å². The third-order valence-corrected chi connectivity index (χ3v) is 17.2. The lowest BCUT2D eigenvalue weighted by atomic mass is 9.95. The van der Waals surface area contributed by atoms with Crippen LogP contribution in [0.15, 0.2) is 12.7 Å². The van der Waals surface area contributed by atoms with Gasteiger partial charge in [-0.1, -0.05) is 47.6 Å². The summed E-state index contributed by atoms with van der Waals surface area (Å²) in [6.45, 7) is 28.9. The van der Waals surface area contributed by atoms with Crippen molar-refractivity contribution in [1.82, 2.24) is 0 Å². The first-order valence-electron chi connectivity index (χ1n) is 12.3. The molecule has 2 aliphatic rings. The van der Waals surface area contributed by atoms with E-state index in [4.69, 9.17) is 18.3 Å². The van der Waals surface area contributed by atoms with Gasteiger partial charge in [0.25, 0.3) is 0 Å². The lowest BCUT2D eigenvalue weighted by Gasteiger charge is -2.39. The molecule has 0 spiro atoms. The van der Waals surface area contributed by atoms with Gasteiger partial charge in [-0.3, -0.25) is 0 Å². The monoisotopic (exact) mass is 486 g/mol. The first-order chi connectivity index (χ1) is 14.4. The molecule has 0 radical (unpaired) electrons. The van der Waals surface area contributed by atoms with Crippen molar-refractivity contribution in [3.8, 4) is 0 Å². The van der Waals surface area contributed by atoms with Crippen molar-refractivity contribution >= 4 is 16.6 Å². The molecule has 2 saturated heterocycles. The van der Waals surface area contributed by atoms with Gasteiger partial charge in [0.05, 0.1) is 17.8 Å². The van der Waals surface area contributed by atoms with Gasteiger partial charge in [0.2, 0.25) is 0 Å². The van der Waals surface area contributed by atoms with Crippen molar-refractivity contribution in [2.75, 3.05) is 6.61 Å². The van der Waals surface area contributed by atoms with E-state index in [9.17, 15) is 5.11 Å². The number of hydrogen-bond donors (Lipinski definition) is 1. The average molecular weight is 487 g/mol. The van der Waals surface area contributed by atoms with Gasteiger partial charge in [-0.2, -0.15) is 0 Å². The summed E-state index contributed by atoms with van der Waals surface area (Å²) >= 11 is 0. The Bertz CT molecular complexity index is 652. The Kier molecular flexibility index (Phi) is 8.42. The Balaban J connectivity index is 2.01. The fourth-order valence-electron chi connectivity index (χ4n) is 3.87. The number of rotatable bonds is 12. The zero-order valence-corrected chi connectivity index (χ0v) is 24.6. The molecule has 0 saturated carbocycles. The second-order valence-electron chi connectivity index (χ2n) is 13.1. The molecule has 1 N–H and O–H groups in total. The molecule has 0 aromatic carbocycles. The first-order valence-corrected chi connectivity index (χ1v) is 18.1. The van der Waals surface area contributed by atoms with Crippen LogP contribution >= 0.6 is 0 Å². The van der Waals surface area contributed by atoms with Gasteiger partial charge < -0.3 is 23.4 Å². The molecule has 0 aliphatic carbocycles. The molecule has 0 aromatic rings. The van der Waals surface area contributed by atoms with Gasteiger partial charge in [-0.25, -0.2) is 0 Å². The van der Waals surface area contributed by atoms with Crippen LogP contribution in [0.5, 0.6) is 0 Å². The molecule has 0 aromatic heterocycles. The topological polar surface area (TPSA) is 63.8 Å². The third-order valence-electron chi connectivity index (χ3n) is 8.17. The van der Waals surface area contributed by atoms with E-state index in [1.165, 1.54) is 0 Å². The van der Waals surface area contributed by atoms with Crippen LogP contribution in [0.1, 0.15) is 67.7 Å². The smallest absolute Gasteiger partial charge is 0.192 e. The van der Waals surface area contributed by atoms with E-state index >= 15 is 0 Å². The summed E-state index contributed by atoms with van der Waals surface area (Å²) in [5, 5.41) is 9.92. The third kappa shape index (κ3) is 6.55. The molecule has 2 aliphatic heterocycles. The minimum absolute atomic E-state index is 0.000505. The Morgan fingerprint density at radius 3 is 2.03 bits per heavy atom. The highest BCUT2D eigenvalue weighted by atomic mass is 28.4. The van der Waals surface area contributed by atoms with E-state index in [-0.39, 0.29) is 52.8 Å². The zero-order valence-electron chi connectivity index (χ0n) is 22.6. The lowest BCUT2D eigenvalue weighted by molar-refractivity contribution is 0.107. The van der Waals surface area contributed by atoms with E-state index < -0.39 is 16.6 Å². The fraction of sp³-hybridized carbons (Fsp3) is 0.920. The molecule has 7 heteroatoms. The van der Waals surface area contributed by atoms with Crippen molar-refractivity contribution in [2.24, 2.45) is 0 Å². The maximum Gasteiger partial charge on any atom is 0.192 e. The summed E-state index contributed by atoms with van der Waals surface area (Å²) in [7, 11) is -3.82. The fourth-order valence-corrected chi connectivity index (χ4v) is 6.60. The quantitative estimate of drug-likeness (QED) is 0.207. The van der Waals surface area contributed by atoms with Crippen LogP contribution in [0.3, 0.4) is 0 Å². The zero-order chi connectivity index (χ0) is 24.8. The van der Waals surface area contributed by atoms with Crippen LogP contribution in [0.2, 0.25) is 36.3 Å². The Labute approximate surface area is 199 Å². The maximum absolute atomic E-state index is 9.64. The summed E-state index contributed by atoms with van der Waals surface area (Å²) in [5.74, 6) is 0. The van der Waals surface area contributed by atoms with E-state index in [1.54, 1.807) is 0 Å². The molecule has 5 nitrogen and oxygen atoms in total. The van der Waals surface area contributed by atoms with Crippen molar-refractivity contribution in [3.05, 3.63) is 12.7 Å². The van der Waals surface area contributed by atoms with E-state index in [2.05, 4.69) is 81.2 Å². The van der Waals surface area contributed by atoms with E-state index in [0.29, 0.717) is 6.42 Å². The van der Waals surface area contributed by atoms with Crippen molar-refractivity contribution < 1.29 is 23.4 Å². The molecule has 2 heterocycles. The maximum atomic E-state index is 9.64. The lowest BCUT2D eigenvalue weighted by Crippen LogP contribution is -2.46. The number of aliphatic hydroxyl groups excluding tert-OH is 1. The number of aliphatic hydroxyl groups is 1. The highest BCUT2D eigenvalue weighted by Crippen LogP contribution is 2.52. The van der Waals surface area contributed by atoms with Gasteiger partial charge in [0.1, 0.15) is 18.3 Å². The first kappa shape index (κ1) is 28.2. The molecular weight excluding hydrogens is 436 g/mol. The Morgan fingerprint density at radius 2 is 1.56 bits per heavy atom. The van der Waals surface area contributed by atoms with Crippen molar-refractivity contribution in [3.63, 3.8) is 0 Å². The summed E-state index contributed by atoms with van der Waals surface area (Å²) < 4.78 is 25.7. The van der Waals surface area contributed by atoms with Crippen LogP contribution < -0.4 is 0 Å². The van der Waals surface area contributed by atoms with Crippen molar-refractivity contribution in [1.29, 1.82) is 0 Å². The number of hydrogen-bond acceptors (Lipinski definition) is 5. The minimum atomic E-state index is -1.92.